The molecule has 3 aromatic carbocycles. The average Bonchev–Trinajstić information content (AvgIpc) is 3.49. The number of H-pyrrole nitrogens is 1. The Kier molecular flexibility index (Phi) is 9.24. The molecular formula is C32H30F6N4O5. The molecule has 4 aromatic rings. The molecule has 1 saturated heterocycles. The van der Waals surface area contributed by atoms with Crippen molar-refractivity contribution in [3.63, 3.8) is 0 Å². The minimum Gasteiger partial charge on any atom is -0.445 e. The molecule has 1 aliphatic rings. The van der Waals surface area contributed by atoms with Crippen LogP contribution in [0.4, 0.5) is 31.1 Å². The van der Waals surface area contributed by atoms with E-state index in [0.29, 0.717) is 23.3 Å². The maximum Gasteiger partial charge on any atom is 0.416 e. The SMILES string of the molecule is C[C@@H](OC[C@@]1(c2ccccc2)CC[C@](O)(n2cn[nH]c2=O)CN1C(=O)OCc1ccccc1)c1cc(C(F)(F)F)cc(C(F)(F)F)c1. The van der Waals surface area contributed by atoms with Crippen molar-refractivity contribution in [1.82, 2.24) is 19.7 Å². The molecule has 1 fully saturated rings. The van der Waals surface area contributed by atoms with Gasteiger partial charge in [-0.2, -0.15) is 31.4 Å². The molecule has 2 N–H and O–H groups in total. The lowest BCUT2D eigenvalue weighted by Gasteiger charge is -2.51. The first-order valence-electron chi connectivity index (χ1n) is 14.4. The summed E-state index contributed by atoms with van der Waals surface area (Å²) in [6.45, 7) is 0.213. The Labute approximate surface area is 264 Å². The van der Waals surface area contributed by atoms with E-state index in [9.17, 15) is 41.0 Å². The number of rotatable bonds is 8. The van der Waals surface area contributed by atoms with Gasteiger partial charge in [-0.05, 0) is 48.2 Å². The molecule has 2 heterocycles. The number of alkyl halides is 6. The number of aliphatic hydroxyl groups is 1. The largest absolute Gasteiger partial charge is 0.445 e. The van der Waals surface area contributed by atoms with Gasteiger partial charge in [-0.3, -0.25) is 9.47 Å². The van der Waals surface area contributed by atoms with Crippen molar-refractivity contribution in [2.45, 2.75) is 56.1 Å². The summed E-state index contributed by atoms with van der Waals surface area (Å²) < 4.78 is 94.2. The molecule has 0 aliphatic carbocycles. The minimum absolute atomic E-state index is 0.0337. The van der Waals surface area contributed by atoms with Gasteiger partial charge >= 0.3 is 24.1 Å². The van der Waals surface area contributed by atoms with Crippen LogP contribution in [0, 0.1) is 0 Å². The van der Waals surface area contributed by atoms with E-state index in [1.54, 1.807) is 60.7 Å². The number of aromatic amines is 1. The number of amides is 1. The summed E-state index contributed by atoms with van der Waals surface area (Å²) in [5.41, 5.74) is -6.37. The number of ether oxygens (including phenoxy) is 2. The predicted octanol–water partition coefficient (Wildman–Crippen LogP) is 6.36. The summed E-state index contributed by atoms with van der Waals surface area (Å²) in [4.78, 5) is 27.6. The number of likely N-dealkylation sites (tertiary alicyclic amines) is 1. The normalized spacial score (nSPS) is 21.0. The van der Waals surface area contributed by atoms with E-state index >= 15 is 0 Å². The molecule has 9 nitrogen and oxygen atoms in total. The molecule has 0 radical (unpaired) electrons. The third-order valence-electron chi connectivity index (χ3n) is 8.26. The van der Waals surface area contributed by atoms with Gasteiger partial charge in [0.25, 0.3) is 0 Å². The maximum atomic E-state index is 13.9. The number of carbonyl (C=O) groups excluding carboxylic acids is 1. The molecule has 15 heteroatoms. The van der Waals surface area contributed by atoms with E-state index in [0.717, 1.165) is 10.9 Å². The Bertz CT molecular complexity index is 1710. The van der Waals surface area contributed by atoms with Crippen LogP contribution in [-0.2, 0) is 39.7 Å². The minimum atomic E-state index is -5.06. The Hall–Kier alpha value is -4.63. The van der Waals surface area contributed by atoms with Gasteiger partial charge in [0.2, 0.25) is 0 Å². The lowest BCUT2D eigenvalue weighted by Crippen LogP contribution is -2.63. The molecule has 0 spiro atoms. The summed E-state index contributed by atoms with van der Waals surface area (Å²) >= 11 is 0. The quantitative estimate of drug-likeness (QED) is 0.212. The number of nitrogens with zero attached hydrogens (tertiary/aromatic N) is 3. The highest BCUT2D eigenvalue weighted by molar-refractivity contribution is 5.70. The molecule has 1 amide bonds. The van der Waals surface area contributed by atoms with E-state index in [2.05, 4.69) is 10.2 Å². The van der Waals surface area contributed by atoms with E-state index in [4.69, 9.17) is 9.47 Å². The van der Waals surface area contributed by atoms with Gasteiger partial charge in [-0.25, -0.2) is 14.7 Å². The molecule has 5 rings (SSSR count). The Morgan fingerprint density at radius 3 is 2.11 bits per heavy atom. The Morgan fingerprint density at radius 2 is 1.55 bits per heavy atom. The van der Waals surface area contributed by atoms with Crippen LogP contribution in [0.25, 0.3) is 0 Å². The van der Waals surface area contributed by atoms with Gasteiger partial charge < -0.3 is 14.6 Å². The zero-order chi connectivity index (χ0) is 34.0. The van der Waals surface area contributed by atoms with Crippen LogP contribution in [0.5, 0.6) is 0 Å². The predicted molar refractivity (Wildman–Crippen MR) is 155 cm³/mol. The molecule has 0 saturated carbocycles. The summed E-state index contributed by atoms with van der Waals surface area (Å²) in [7, 11) is 0. The van der Waals surface area contributed by atoms with Crippen molar-refractivity contribution < 1.29 is 45.7 Å². The second-order valence-electron chi connectivity index (χ2n) is 11.3. The van der Waals surface area contributed by atoms with Gasteiger partial charge in [0.05, 0.1) is 35.9 Å². The fourth-order valence-electron chi connectivity index (χ4n) is 5.66. The molecule has 250 valence electrons. The van der Waals surface area contributed by atoms with E-state index in [1.807, 2.05) is 0 Å². The molecule has 1 aromatic heterocycles. The lowest BCUT2D eigenvalue weighted by molar-refractivity contribution is -0.152. The van der Waals surface area contributed by atoms with Crippen molar-refractivity contribution in [3.8, 4) is 0 Å². The van der Waals surface area contributed by atoms with Crippen molar-refractivity contribution in [2.24, 2.45) is 0 Å². The van der Waals surface area contributed by atoms with Gasteiger partial charge in [0.15, 0.2) is 5.72 Å². The van der Waals surface area contributed by atoms with Crippen molar-refractivity contribution >= 4 is 6.09 Å². The number of piperidine rings is 1. The highest BCUT2D eigenvalue weighted by Gasteiger charge is 2.53. The van der Waals surface area contributed by atoms with Crippen LogP contribution in [0.1, 0.15) is 53.7 Å². The van der Waals surface area contributed by atoms with Crippen LogP contribution in [0.2, 0.25) is 0 Å². The fraction of sp³-hybridized carbons (Fsp3) is 0.344. The fourth-order valence-corrected chi connectivity index (χ4v) is 5.66. The smallest absolute Gasteiger partial charge is 0.416 e. The number of aromatic nitrogens is 3. The van der Waals surface area contributed by atoms with Crippen LogP contribution in [0.3, 0.4) is 0 Å². The zero-order valence-corrected chi connectivity index (χ0v) is 24.9. The third-order valence-corrected chi connectivity index (χ3v) is 8.26. The first-order valence-corrected chi connectivity index (χ1v) is 14.4. The van der Waals surface area contributed by atoms with E-state index < -0.39 is 65.8 Å². The Balaban J connectivity index is 1.53. The Morgan fingerprint density at radius 1 is 0.957 bits per heavy atom. The van der Waals surface area contributed by atoms with Gasteiger partial charge in [-0.15, -0.1) is 0 Å². The second-order valence-corrected chi connectivity index (χ2v) is 11.3. The molecule has 0 unspecified atom stereocenters. The number of hydrogen-bond donors (Lipinski definition) is 2. The van der Waals surface area contributed by atoms with Gasteiger partial charge in [0, 0.05) is 6.42 Å². The zero-order valence-electron chi connectivity index (χ0n) is 24.9. The molecule has 1 aliphatic heterocycles. The topological polar surface area (TPSA) is 110 Å². The summed E-state index contributed by atoms with van der Waals surface area (Å²) in [5, 5.41) is 17.5. The van der Waals surface area contributed by atoms with Crippen LogP contribution in [0.15, 0.2) is 90.0 Å². The summed E-state index contributed by atoms with van der Waals surface area (Å²) in [6.07, 6.45) is -11.4. The third kappa shape index (κ3) is 7.20. The molecule has 3 atom stereocenters. The molecule has 47 heavy (non-hydrogen) atoms. The molecular weight excluding hydrogens is 634 g/mol. The summed E-state index contributed by atoms with van der Waals surface area (Å²) in [5.74, 6) is 0. The number of β-amino-alcohol motifs (C(OH)–C–C–N with tert-alkyl or cyclic N) is 1. The van der Waals surface area contributed by atoms with Crippen molar-refractivity contribution in [1.29, 1.82) is 0 Å². The number of carbonyl (C=O) groups is 1. The highest BCUT2D eigenvalue weighted by atomic mass is 19.4. The number of halogens is 6. The molecule has 0 bridgehead atoms. The highest BCUT2D eigenvalue weighted by Crippen LogP contribution is 2.44. The maximum absolute atomic E-state index is 13.9. The number of benzene rings is 3. The second kappa shape index (κ2) is 12.9. The number of hydrogen-bond acceptors (Lipinski definition) is 6. The van der Waals surface area contributed by atoms with Crippen molar-refractivity contribution in [2.75, 3.05) is 13.2 Å². The van der Waals surface area contributed by atoms with Gasteiger partial charge in [-0.1, -0.05) is 60.7 Å². The van der Waals surface area contributed by atoms with Crippen LogP contribution < -0.4 is 5.69 Å². The first-order chi connectivity index (χ1) is 22.1. The van der Waals surface area contributed by atoms with E-state index in [-0.39, 0.29) is 31.1 Å². The van der Waals surface area contributed by atoms with Crippen LogP contribution >= 0.6 is 0 Å². The monoisotopic (exact) mass is 664 g/mol. The average molecular weight is 665 g/mol. The standard InChI is InChI=1S/C32H30F6N4O5/c1-21(23-14-25(31(33,34)35)16-26(15-23)32(36,37)38)47-19-29(24-10-6-3-7-11-24)12-13-30(45,42-20-39-40-27(42)43)18-41(29)28(44)46-17-22-8-4-2-5-9-22/h2-11,14-16,20-21,45H,12-13,17-19H2,1H3,(H,40,43)/t21-,29-,30-/m1/s1. The first kappa shape index (κ1) is 33.7. The van der Waals surface area contributed by atoms with E-state index in [1.165, 1.54) is 11.8 Å². The lowest BCUT2D eigenvalue weighted by atomic mass is 9.78. The van der Waals surface area contributed by atoms with Crippen molar-refractivity contribution in [3.05, 3.63) is 123 Å². The van der Waals surface area contributed by atoms with Crippen LogP contribution in [-0.4, -0.2) is 44.0 Å². The number of nitrogens with one attached hydrogen (secondary N) is 1. The summed E-state index contributed by atoms with van der Waals surface area (Å²) in [6, 6.07) is 18.3. The van der Waals surface area contributed by atoms with Gasteiger partial charge in [0.1, 0.15) is 12.9 Å².